The van der Waals surface area contributed by atoms with Crippen molar-refractivity contribution in [1.29, 1.82) is 0 Å². The maximum atomic E-state index is 11.9. The van der Waals surface area contributed by atoms with Crippen LogP contribution in [-0.2, 0) is 9.47 Å². The van der Waals surface area contributed by atoms with Gasteiger partial charge < -0.3 is 14.4 Å². The molecule has 1 atom stereocenters. The van der Waals surface area contributed by atoms with E-state index in [1.165, 1.54) is 0 Å². The first-order valence-corrected chi connectivity index (χ1v) is 6.13. The molecule has 1 fully saturated rings. The number of amides is 1. The van der Waals surface area contributed by atoms with Gasteiger partial charge in [-0.1, -0.05) is 6.08 Å². The molecule has 0 unspecified atom stereocenters. The predicted octanol–water partition coefficient (Wildman–Crippen LogP) is 2.59. The van der Waals surface area contributed by atoms with Gasteiger partial charge in [-0.3, -0.25) is 0 Å². The Bertz CT molecular complexity index is 270. The summed E-state index contributed by atoms with van der Waals surface area (Å²) in [5.41, 5.74) is -0.438. The molecule has 1 rings (SSSR count). The third kappa shape index (κ3) is 5.22. The number of rotatable bonds is 3. The molecule has 0 spiro atoms. The van der Waals surface area contributed by atoms with Crippen LogP contribution in [0.5, 0.6) is 0 Å². The summed E-state index contributed by atoms with van der Waals surface area (Å²) < 4.78 is 10.9. The zero-order chi connectivity index (χ0) is 12.9. The molecule has 17 heavy (non-hydrogen) atoms. The maximum Gasteiger partial charge on any atom is 0.410 e. The van der Waals surface area contributed by atoms with E-state index in [1.807, 2.05) is 20.8 Å². The second-order valence-corrected chi connectivity index (χ2v) is 5.31. The van der Waals surface area contributed by atoms with E-state index in [2.05, 4.69) is 6.58 Å². The van der Waals surface area contributed by atoms with Crippen LogP contribution in [0, 0.1) is 0 Å². The molecule has 1 amide bonds. The monoisotopic (exact) mass is 241 g/mol. The average molecular weight is 241 g/mol. The molecule has 1 heterocycles. The summed E-state index contributed by atoms with van der Waals surface area (Å²) in [6.07, 6.45) is 3.54. The highest BCUT2D eigenvalue weighted by molar-refractivity contribution is 5.68. The fraction of sp³-hybridized carbons (Fsp3) is 0.769. The zero-order valence-corrected chi connectivity index (χ0v) is 11.1. The van der Waals surface area contributed by atoms with Gasteiger partial charge in [-0.15, -0.1) is 6.58 Å². The molecule has 0 saturated carbocycles. The van der Waals surface area contributed by atoms with E-state index >= 15 is 0 Å². The highest BCUT2D eigenvalue weighted by Gasteiger charge is 2.27. The second-order valence-electron chi connectivity index (χ2n) is 5.31. The lowest BCUT2D eigenvalue weighted by atomic mass is 10.1. The summed E-state index contributed by atoms with van der Waals surface area (Å²) in [5, 5.41) is 0. The summed E-state index contributed by atoms with van der Waals surface area (Å²) in [7, 11) is 0. The van der Waals surface area contributed by atoms with Crippen molar-refractivity contribution in [2.45, 2.75) is 45.3 Å². The Morgan fingerprint density at radius 2 is 2.24 bits per heavy atom. The lowest BCUT2D eigenvalue weighted by molar-refractivity contribution is -0.0134. The highest BCUT2D eigenvalue weighted by atomic mass is 16.6. The lowest BCUT2D eigenvalue weighted by Crippen LogP contribution is -2.45. The summed E-state index contributed by atoms with van der Waals surface area (Å²) in [4.78, 5) is 13.6. The minimum absolute atomic E-state index is 0.106. The van der Waals surface area contributed by atoms with Crippen LogP contribution in [0.15, 0.2) is 12.7 Å². The molecule has 98 valence electrons. The maximum absolute atomic E-state index is 11.9. The van der Waals surface area contributed by atoms with Gasteiger partial charge in [-0.25, -0.2) is 4.79 Å². The Morgan fingerprint density at radius 3 is 2.82 bits per heavy atom. The van der Waals surface area contributed by atoms with Gasteiger partial charge >= 0.3 is 6.09 Å². The van der Waals surface area contributed by atoms with Crippen molar-refractivity contribution in [2.75, 3.05) is 19.7 Å². The molecule has 4 heteroatoms. The SMILES string of the molecule is C=CCO[C@H]1CCCN(C(=O)OC(C)(C)C)C1. The molecule has 0 N–H and O–H groups in total. The molecular weight excluding hydrogens is 218 g/mol. The third-order valence-electron chi connectivity index (χ3n) is 2.48. The smallest absolute Gasteiger partial charge is 0.410 e. The predicted molar refractivity (Wildman–Crippen MR) is 67.0 cm³/mol. The number of hydrogen-bond donors (Lipinski definition) is 0. The molecule has 0 aromatic rings. The fourth-order valence-electron chi connectivity index (χ4n) is 1.77. The van der Waals surface area contributed by atoms with E-state index < -0.39 is 5.60 Å². The van der Waals surface area contributed by atoms with Gasteiger partial charge in [0.15, 0.2) is 0 Å². The molecule has 0 aliphatic carbocycles. The van der Waals surface area contributed by atoms with Crippen LogP contribution in [-0.4, -0.2) is 42.4 Å². The quantitative estimate of drug-likeness (QED) is 0.713. The second kappa shape index (κ2) is 6.05. The molecule has 0 aromatic carbocycles. The normalized spacial score (nSPS) is 21.1. The largest absolute Gasteiger partial charge is 0.444 e. The van der Waals surface area contributed by atoms with Gasteiger partial charge in [0.2, 0.25) is 0 Å². The molecule has 1 aliphatic rings. The number of ether oxygens (including phenoxy) is 2. The Kier molecular flexibility index (Phi) is 5.00. The van der Waals surface area contributed by atoms with Crippen LogP contribution in [0.3, 0.4) is 0 Å². The van der Waals surface area contributed by atoms with Crippen LogP contribution in [0.4, 0.5) is 4.79 Å². The van der Waals surface area contributed by atoms with Crippen molar-refractivity contribution in [3.63, 3.8) is 0 Å². The standard InChI is InChI=1S/C13H23NO3/c1-5-9-16-11-7-6-8-14(10-11)12(15)17-13(2,3)4/h5,11H,1,6-10H2,2-4H3/t11-/m0/s1. The Balaban J connectivity index is 2.43. The first-order valence-electron chi connectivity index (χ1n) is 6.13. The minimum Gasteiger partial charge on any atom is -0.444 e. The van der Waals surface area contributed by atoms with E-state index in [9.17, 15) is 4.79 Å². The zero-order valence-electron chi connectivity index (χ0n) is 11.1. The summed E-state index contributed by atoms with van der Waals surface area (Å²) in [5.74, 6) is 0. The van der Waals surface area contributed by atoms with Crippen molar-refractivity contribution < 1.29 is 14.3 Å². The van der Waals surface area contributed by atoms with Crippen molar-refractivity contribution in [1.82, 2.24) is 4.90 Å². The number of carbonyl (C=O) groups is 1. The molecule has 4 nitrogen and oxygen atoms in total. The van der Waals surface area contributed by atoms with E-state index in [-0.39, 0.29) is 12.2 Å². The highest BCUT2D eigenvalue weighted by Crippen LogP contribution is 2.17. The molecule has 0 bridgehead atoms. The van der Waals surface area contributed by atoms with Crippen LogP contribution in [0.2, 0.25) is 0 Å². The van der Waals surface area contributed by atoms with Crippen LogP contribution < -0.4 is 0 Å². The average Bonchev–Trinajstić information content (AvgIpc) is 2.24. The van der Waals surface area contributed by atoms with Gasteiger partial charge in [0, 0.05) is 6.54 Å². The lowest BCUT2D eigenvalue weighted by Gasteiger charge is -2.33. The topological polar surface area (TPSA) is 38.8 Å². The van der Waals surface area contributed by atoms with Crippen LogP contribution in [0.1, 0.15) is 33.6 Å². The van der Waals surface area contributed by atoms with Crippen molar-refractivity contribution >= 4 is 6.09 Å². The Morgan fingerprint density at radius 1 is 1.53 bits per heavy atom. The van der Waals surface area contributed by atoms with E-state index in [4.69, 9.17) is 9.47 Å². The van der Waals surface area contributed by atoms with Crippen LogP contribution in [0.25, 0.3) is 0 Å². The van der Waals surface area contributed by atoms with Crippen molar-refractivity contribution in [3.8, 4) is 0 Å². The van der Waals surface area contributed by atoms with Gasteiger partial charge in [-0.2, -0.15) is 0 Å². The molecule has 0 aromatic heterocycles. The number of likely N-dealkylation sites (tertiary alicyclic amines) is 1. The van der Waals surface area contributed by atoms with Gasteiger partial charge in [0.25, 0.3) is 0 Å². The summed E-state index contributed by atoms with van der Waals surface area (Å²) in [6, 6.07) is 0. The third-order valence-corrected chi connectivity index (χ3v) is 2.48. The molecule has 1 aliphatic heterocycles. The van der Waals surface area contributed by atoms with Gasteiger partial charge in [-0.05, 0) is 33.6 Å². The fourth-order valence-corrected chi connectivity index (χ4v) is 1.77. The minimum atomic E-state index is -0.438. The number of carbonyl (C=O) groups excluding carboxylic acids is 1. The number of nitrogens with zero attached hydrogens (tertiary/aromatic N) is 1. The van der Waals surface area contributed by atoms with E-state index in [0.29, 0.717) is 13.2 Å². The Hall–Kier alpha value is -1.03. The first kappa shape index (κ1) is 14.0. The molecular formula is C13H23NO3. The molecule has 0 radical (unpaired) electrons. The first-order chi connectivity index (χ1) is 7.92. The summed E-state index contributed by atoms with van der Waals surface area (Å²) in [6.45, 7) is 11.1. The van der Waals surface area contributed by atoms with E-state index in [1.54, 1.807) is 11.0 Å². The van der Waals surface area contributed by atoms with Crippen molar-refractivity contribution in [3.05, 3.63) is 12.7 Å². The van der Waals surface area contributed by atoms with Crippen molar-refractivity contribution in [2.24, 2.45) is 0 Å². The number of hydrogen-bond acceptors (Lipinski definition) is 3. The van der Waals surface area contributed by atoms with Gasteiger partial charge in [0.1, 0.15) is 5.60 Å². The number of piperidine rings is 1. The van der Waals surface area contributed by atoms with Crippen LogP contribution >= 0.6 is 0 Å². The molecule has 1 saturated heterocycles. The van der Waals surface area contributed by atoms with E-state index in [0.717, 1.165) is 19.4 Å². The Labute approximate surface area is 104 Å². The van der Waals surface area contributed by atoms with Gasteiger partial charge in [0.05, 0.1) is 19.3 Å². The summed E-state index contributed by atoms with van der Waals surface area (Å²) >= 11 is 0.